The van der Waals surface area contributed by atoms with Crippen LogP contribution in [0.3, 0.4) is 0 Å². The minimum Gasteiger partial charge on any atom is -0.359 e. The van der Waals surface area contributed by atoms with Gasteiger partial charge in [0.1, 0.15) is 0 Å². The van der Waals surface area contributed by atoms with Crippen LogP contribution >= 0.6 is 0 Å². The molecule has 29 heavy (non-hydrogen) atoms. The summed E-state index contributed by atoms with van der Waals surface area (Å²) in [6.45, 7) is 6.58. The highest BCUT2D eigenvalue weighted by molar-refractivity contribution is 5.94. The Kier molecular flexibility index (Phi) is 6.52. The summed E-state index contributed by atoms with van der Waals surface area (Å²) in [5.74, 6) is -0.140. The van der Waals surface area contributed by atoms with E-state index in [4.69, 9.17) is 4.52 Å². The van der Waals surface area contributed by atoms with Crippen LogP contribution in [0, 0.1) is 6.92 Å². The number of nitrogens with zero attached hydrogens (tertiary/aromatic N) is 3. The number of carbonyl (C=O) groups is 2. The van der Waals surface area contributed by atoms with E-state index in [-0.39, 0.29) is 24.1 Å². The lowest BCUT2D eigenvalue weighted by Crippen LogP contribution is -2.30. The molecule has 0 bridgehead atoms. The zero-order valence-corrected chi connectivity index (χ0v) is 16.2. The fraction of sp³-hybridized carbons (Fsp3) is 0.182. The molecule has 0 aliphatic heterocycles. The molecule has 1 N–H and O–H groups in total. The van der Waals surface area contributed by atoms with Crippen molar-refractivity contribution in [2.45, 2.75) is 20.0 Å². The van der Waals surface area contributed by atoms with Crippen molar-refractivity contribution < 1.29 is 14.1 Å². The fourth-order valence-electron chi connectivity index (χ4n) is 2.71. The molecule has 0 aliphatic rings. The second kappa shape index (κ2) is 9.45. The molecule has 0 atom stereocenters. The first kappa shape index (κ1) is 20.0. The minimum absolute atomic E-state index is 0.165. The summed E-state index contributed by atoms with van der Waals surface area (Å²) in [4.78, 5) is 30.5. The second-order valence-electron chi connectivity index (χ2n) is 6.56. The van der Waals surface area contributed by atoms with Gasteiger partial charge in [-0.05, 0) is 24.6 Å². The SMILES string of the molecule is C=CCN(Cc1cc(C(=O)NCc2ccc(C)cc2)no1)C(=O)c1cccnc1. The Morgan fingerprint density at radius 1 is 1.24 bits per heavy atom. The third-order valence-corrected chi connectivity index (χ3v) is 4.26. The average Bonchev–Trinajstić information content (AvgIpc) is 3.21. The number of aromatic nitrogens is 2. The number of rotatable bonds is 8. The third-order valence-electron chi connectivity index (χ3n) is 4.26. The number of hydrogen-bond donors (Lipinski definition) is 1. The van der Waals surface area contributed by atoms with E-state index in [2.05, 4.69) is 22.0 Å². The van der Waals surface area contributed by atoms with E-state index in [9.17, 15) is 9.59 Å². The average molecular weight is 390 g/mol. The highest BCUT2D eigenvalue weighted by atomic mass is 16.5. The van der Waals surface area contributed by atoms with Gasteiger partial charge in [0.2, 0.25) is 0 Å². The second-order valence-corrected chi connectivity index (χ2v) is 6.56. The Balaban J connectivity index is 1.62. The fourth-order valence-corrected chi connectivity index (χ4v) is 2.71. The lowest BCUT2D eigenvalue weighted by Gasteiger charge is -2.19. The molecular formula is C22H22N4O3. The lowest BCUT2D eigenvalue weighted by molar-refractivity contribution is 0.0747. The maximum absolute atomic E-state index is 12.7. The van der Waals surface area contributed by atoms with Crippen molar-refractivity contribution in [3.63, 3.8) is 0 Å². The molecular weight excluding hydrogens is 368 g/mol. The molecule has 0 spiro atoms. The Morgan fingerprint density at radius 2 is 2.03 bits per heavy atom. The van der Waals surface area contributed by atoms with Gasteiger partial charge >= 0.3 is 0 Å². The Bertz CT molecular complexity index is 981. The molecule has 2 heterocycles. The molecule has 0 saturated carbocycles. The molecule has 148 valence electrons. The van der Waals surface area contributed by atoms with Crippen LogP contribution in [0.1, 0.15) is 37.7 Å². The summed E-state index contributed by atoms with van der Waals surface area (Å²) < 4.78 is 5.26. The molecule has 0 radical (unpaired) electrons. The van der Waals surface area contributed by atoms with E-state index in [1.165, 1.54) is 12.3 Å². The molecule has 1 aromatic carbocycles. The first-order chi connectivity index (χ1) is 14.1. The van der Waals surface area contributed by atoms with Gasteiger partial charge in [0.05, 0.1) is 12.1 Å². The summed E-state index contributed by atoms with van der Waals surface area (Å²) in [5, 5.41) is 6.63. The number of nitrogens with one attached hydrogen (secondary N) is 1. The van der Waals surface area contributed by atoms with Crippen molar-refractivity contribution in [3.05, 3.63) is 95.7 Å². The van der Waals surface area contributed by atoms with Gasteiger partial charge in [-0.25, -0.2) is 0 Å². The highest BCUT2D eigenvalue weighted by Gasteiger charge is 2.19. The zero-order valence-electron chi connectivity index (χ0n) is 16.2. The number of benzene rings is 1. The van der Waals surface area contributed by atoms with Gasteiger partial charge in [-0.15, -0.1) is 6.58 Å². The van der Waals surface area contributed by atoms with Crippen LogP contribution in [-0.4, -0.2) is 33.4 Å². The summed E-state index contributed by atoms with van der Waals surface area (Å²) in [5.41, 5.74) is 2.78. The molecule has 3 aromatic rings. The zero-order chi connectivity index (χ0) is 20.6. The van der Waals surface area contributed by atoms with Gasteiger partial charge in [-0.1, -0.05) is 41.1 Å². The summed E-state index contributed by atoms with van der Waals surface area (Å²) in [7, 11) is 0. The van der Waals surface area contributed by atoms with E-state index in [1.807, 2.05) is 31.2 Å². The Hall–Kier alpha value is -3.74. The molecule has 7 heteroatoms. The van der Waals surface area contributed by atoms with Crippen molar-refractivity contribution >= 4 is 11.8 Å². The van der Waals surface area contributed by atoms with Gasteiger partial charge in [-0.2, -0.15) is 0 Å². The van der Waals surface area contributed by atoms with Gasteiger partial charge in [0, 0.05) is 31.5 Å². The largest absolute Gasteiger partial charge is 0.359 e. The molecule has 3 rings (SSSR count). The van der Waals surface area contributed by atoms with Gasteiger partial charge in [0.25, 0.3) is 11.8 Å². The molecule has 2 amide bonds. The number of pyridine rings is 1. The smallest absolute Gasteiger partial charge is 0.273 e. The summed E-state index contributed by atoms with van der Waals surface area (Å²) in [6, 6.07) is 12.8. The third kappa shape index (κ3) is 5.38. The van der Waals surface area contributed by atoms with Crippen molar-refractivity contribution in [3.8, 4) is 0 Å². The van der Waals surface area contributed by atoms with E-state index < -0.39 is 0 Å². The molecule has 2 aromatic heterocycles. The monoisotopic (exact) mass is 390 g/mol. The van der Waals surface area contributed by atoms with Crippen molar-refractivity contribution in [1.82, 2.24) is 20.4 Å². The van der Waals surface area contributed by atoms with Crippen molar-refractivity contribution in [1.29, 1.82) is 0 Å². The number of amides is 2. The first-order valence-corrected chi connectivity index (χ1v) is 9.16. The first-order valence-electron chi connectivity index (χ1n) is 9.16. The van der Waals surface area contributed by atoms with Crippen LogP contribution in [0.25, 0.3) is 0 Å². The van der Waals surface area contributed by atoms with Crippen LogP contribution in [0.2, 0.25) is 0 Å². The minimum atomic E-state index is -0.338. The number of hydrogen-bond acceptors (Lipinski definition) is 5. The summed E-state index contributed by atoms with van der Waals surface area (Å²) >= 11 is 0. The highest BCUT2D eigenvalue weighted by Crippen LogP contribution is 2.12. The lowest BCUT2D eigenvalue weighted by atomic mass is 10.1. The van der Waals surface area contributed by atoms with Crippen LogP contribution in [0.5, 0.6) is 0 Å². The van der Waals surface area contributed by atoms with Crippen LogP contribution in [0.15, 0.2) is 72.0 Å². The summed E-state index contributed by atoms with van der Waals surface area (Å²) in [6.07, 6.45) is 4.73. The maximum Gasteiger partial charge on any atom is 0.273 e. The molecule has 0 aliphatic carbocycles. The number of aryl methyl sites for hydroxylation is 1. The predicted octanol–water partition coefficient (Wildman–Crippen LogP) is 3.14. The normalized spacial score (nSPS) is 10.4. The molecule has 0 saturated heterocycles. The number of carbonyl (C=O) groups excluding carboxylic acids is 2. The van der Waals surface area contributed by atoms with E-state index in [1.54, 1.807) is 29.3 Å². The molecule has 7 nitrogen and oxygen atoms in total. The Labute approximate surface area is 169 Å². The topological polar surface area (TPSA) is 88.3 Å². The van der Waals surface area contributed by atoms with Gasteiger partial charge < -0.3 is 14.7 Å². The quantitative estimate of drug-likeness (QED) is 0.597. The van der Waals surface area contributed by atoms with Gasteiger partial charge in [0.15, 0.2) is 11.5 Å². The predicted molar refractivity (Wildman–Crippen MR) is 108 cm³/mol. The van der Waals surface area contributed by atoms with Crippen molar-refractivity contribution in [2.75, 3.05) is 6.54 Å². The van der Waals surface area contributed by atoms with Crippen molar-refractivity contribution in [2.24, 2.45) is 0 Å². The van der Waals surface area contributed by atoms with E-state index in [0.717, 1.165) is 11.1 Å². The van der Waals surface area contributed by atoms with E-state index >= 15 is 0 Å². The van der Waals surface area contributed by atoms with E-state index in [0.29, 0.717) is 24.4 Å². The molecule has 0 fully saturated rings. The standard InChI is InChI=1S/C22H22N4O3/c1-3-11-26(22(28)18-5-4-10-23-14-18)15-19-12-20(25-29-19)21(27)24-13-17-8-6-16(2)7-9-17/h3-10,12,14H,1,11,13,15H2,2H3,(H,24,27). The van der Waals surface area contributed by atoms with Gasteiger partial charge in [-0.3, -0.25) is 14.6 Å². The molecule has 0 unspecified atom stereocenters. The van der Waals surface area contributed by atoms with Crippen LogP contribution < -0.4 is 5.32 Å². The van der Waals surface area contributed by atoms with Crippen LogP contribution in [0.4, 0.5) is 0 Å². The van der Waals surface area contributed by atoms with Crippen LogP contribution in [-0.2, 0) is 13.1 Å². The maximum atomic E-state index is 12.7. The Morgan fingerprint density at radius 3 is 2.72 bits per heavy atom.